The fourth-order valence-corrected chi connectivity index (χ4v) is 3.49. The molecule has 0 aliphatic carbocycles. The van der Waals surface area contributed by atoms with Gasteiger partial charge in [0.2, 0.25) is 11.7 Å². The zero-order valence-electron chi connectivity index (χ0n) is 15.2. The number of carbonyl (C=O) groups is 1. The first-order chi connectivity index (χ1) is 12.0. The molecule has 25 heavy (non-hydrogen) atoms. The number of esters is 1. The maximum atomic E-state index is 11.8. The molecule has 0 unspecified atom stereocenters. The SMILES string of the molecule is COC(=O)c1oc([C@@H](C)N2CCC[C@@H](Cc3noc(C)n3)C2)cc1C. The Balaban J connectivity index is 1.67. The number of furan rings is 1. The van der Waals surface area contributed by atoms with Gasteiger partial charge < -0.3 is 13.7 Å². The largest absolute Gasteiger partial charge is 0.463 e. The van der Waals surface area contributed by atoms with Gasteiger partial charge in [-0.2, -0.15) is 4.98 Å². The molecule has 1 saturated heterocycles. The predicted molar refractivity (Wildman–Crippen MR) is 90.2 cm³/mol. The zero-order chi connectivity index (χ0) is 18.0. The molecule has 0 saturated carbocycles. The van der Waals surface area contributed by atoms with Gasteiger partial charge in [-0.1, -0.05) is 5.16 Å². The second kappa shape index (κ2) is 7.39. The van der Waals surface area contributed by atoms with E-state index in [1.54, 1.807) is 0 Å². The van der Waals surface area contributed by atoms with E-state index in [1.807, 2.05) is 19.9 Å². The summed E-state index contributed by atoms with van der Waals surface area (Å²) in [6, 6.07) is 2.04. The van der Waals surface area contributed by atoms with Gasteiger partial charge in [0.15, 0.2) is 5.82 Å². The summed E-state index contributed by atoms with van der Waals surface area (Å²) in [6.07, 6.45) is 3.10. The van der Waals surface area contributed by atoms with Crippen molar-refractivity contribution < 1.29 is 18.5 Å². The second-order valence-electron chi connectivity index (χ2n) is 6.77. The Morgan fingerprint density at radius 2 is 2.28 bits per heavy atom. The van der Waals surface area contributed by atoms with Crippen LogP contribution in [0.4, 0.5) is 0 Å². The molecule has 1 fully saturated rings. The average molecular weight is 347 g/mol. The van der Waals surface area contributed by atoms with Gasteiger partial charge in [-0.15, -0.1) is 0 Å². The maximum absolute atomic E-state index is 11.8. The Bertz CT molecular complexity index is 737. The molecule has 1 aliphatic rings. The molecular weight excluding hydrogens is 322 g/mol. The molecular formula is C18H25N3O4. The van der Waals surface area contributed by atoms with Gasteiger partial charge in [-0.3, -0.25) is 4.90 Å². The smallest absolute Gasteiger partial charge is 0.374 e. The van der Waals surface area contributed by atoms with Gasteiger partial charge in [0.1, 0.15) is 5.76 Å². The Morgan fingerprint density at radius 1 is 1.48 bits per heavy atom. The normalized spacial score (nSPS) is 19.8. The average Bonchev–Trinajstić information content (AvgIpc) is 3.19. The minimum absolute atomic E-state index is 0.104. The number of rotatable bonds is 5. The lowest BCUT2D eigenvalue weighted by Gasteiger charge is -2.35. The lowest BCUT2D eigenvalue weighted by atomic mass is 9.93. The number of hydrogen-bond acceptors (Lipinski definition) is 7. The standard InChI is InChI=1S/C18H25N3O4/c1-11-8-15(24-17(11)18(22)23-4)12(2)21-7-5-6-14(10-21)9-16-19-13(3)25-20-16/h8,12,14H,5-7,9-10H2,1-4H3/t12-,14+/m1/s1. The summed E-state index contributed by atoms with van der Waals surface area (Å²) in [5, 5.41) is 4.01. The number of carbonyl (C=O) groups excluding carboxylic acids is 1. The zero-order valence-corrected chi connectivity index (χ0v) is 15.2. The van der Waals surface area contributed by atoms with Crippen molar-refractivity contribution in [3.63, 3.8) is 0 Å². The van der Waals surface area contributed by atoms with E-state index in [9.17, 15) is 4.79 Å². The van der Waals surface area contributed by atoms with Gasteiger partial charge in [0.25, 0.3) is 0 Å². The highest BCUT2D eigenvalue weighted by atomic mass is 16.5. The predicted octanol–water partition coefficient (Wildman–Crippen LogP) is 3.08. The van der Waals surface area contributed by atoms with Gasteiger partial charge in [0, 0.05) is 25.5 Å². The van der Waals surface area contributed by atoms with E-state index in [-0.39, 0.29) is 6.04 Å². The number of methoxy groups -OCH3 is 1. The van der Waals surface area contributed by atoms with Gasteiger partial charge in [-0.05, 0) is 45.2 Å². The highest BCUT2D eigenvalue weighted by molar-refractivity contribution is 5.87. The van der Waals surface area contributed by atoms with Crippen LogP contribution < -0.4 is 0 Å². The van der Waals surface area contributed by atoms with Crippen LogP contribution in [0.5, 0.6) is 0 Å². The minimum Gasteiger partial charge on any atom is -0.463 e. The van der Waals surface area contributed by atoms with Crippen LogP contribution in [0.15, 0.2) is 15.0 Å². The lowest BCUT2D eigenvalue weighted by Crippen LogP contribution is -2.38. The number of nitrogens with zero attached hydrogens (tertiary/aromatic N) is 3. The van der Waals surface area contributed by atoms with E-state index >= 15 is 0 Å². The third-order valence-corrected chi connectivity index (χ3v) is 4.86. The second-order valence-corrected chi connectivity index (χ2v) is 6.77. The molecule has 136 valence electrons. The molecule has 1 aliphatic heterocycles. The Kier molecular flexibility index (Phi) is 5.22. The maximum Gasteiger partial charge on any atom is 0.374 e. The molecule has 2 aromatic heterocycles. The third-order valence-electron chi connectivity index (χ3n) is 4.86. The van der Waals surface area contributed by atoms with E-state index in [0.717, 1.165) is 49.5 Å². The Labute approximate surface area is 147 Å². The van der Waals surface area contributed by atoms with Crippen LogP contribution in [-0.2, 0) is 11.2 Å². The Hall–Kier alpha value is -2.15. The van der Waals surface area contributed by atoms with Crippen molar-refractivity contribution in [2.24, 2.45) is 5.92 Å². The first-order valence-electron chi connectivity index (χ1n) is 8.69. The highest BCUT2D eigenvalue weighted by Gasteiger charge is 2.28. The first-order valence-corrected chi connectivity index (χ1v) is 8.69. The number of aryl methyl sites for hydroxylation is 2. The third kappa shape index (κ3) is 3.92. The van der Waals surface area contributed by atoms with Crippen LogP contribution in [-0.4, -0.2) is 41.2 Å². The molecule has 3 heterocycles. The molecule has 0 bridgehead atoms. The van der Waals surface area contributed by atoms with Crippen molar-refractivity contribution in [3.05, 3.63) is 34.9 Å². The molecule has 0 aromatic carbocycles. The monoisotopic (exact) mass is 347 g/mol. The van der Waals surface area contributed by atoms with Gasteiger partial charge in [-0.25, -0.2) is 4.79 Å². The molecule has 3 rings (SSSR count). The van der Waals surface area contributed by atoms with Gasteiger partial charge in [0.05, 0.1) is 13.2 Å². The van der Waals surface area contributed by atoms with Crippen LogP contribution in [0, 0.1) is 19.8 Å². The number of ether oxygens (including phenoxy) is 1. The van der Waals surface area contributed by atoms with E-state index in [0.29, 0.717) is 17.6 Å². The summed E-state index contributed by atoms with van der Waals surface area (Å²) in [5.74, 6) is 2.54. The summed E-state index contributed by atoms with van der Waals surface area (Å²) < 4.78 is 15.6. The summed E-state index contributed by atoms with van der Waals surface area (Å²) in [6.45, 7) is 7.74. The molecule has 0 amide bonds. The fourth-order valence-electron chi connectivity index (χ4n) is 3.49. The molecule has 2 atom stereocenters. The molecule has 2 aromatic rings. The van der Waals surface area contributed by atoms with E-state index in [2.05, 4.69) is 22.0 Å². The van der Waals surface area contributed by atoms with E-state index in [1.165, 1.54) is 7.11 Å². The minimum atomic E-state index is -0.431. The number of hydrogen-bond donors (Lipinski definition) is 0. The highest BCUT2D eigenvalue weighted by Crippen LogP contribution is 2.30. The lowest BCUT2D eigenvalue weighted by molar-refractivity contribution is 0.0554. The summed E-state index contributed by atoms with van der Waals surface area (Å²) in [4.78, 5) is 18.5. The van der Waals surface area contributed by atoms with E-state index < -0.39 is 5.97 Å². The molecule has 7 nitrogen and oxygen atoms in total. The molecule has 0 spiro atoms. The first kappa shape index (κ1) is 17.7. The Morgan fingerprint density at radius 3 is 2.96 bits per heavy atom. The van der Waals surface area contributed by atoms with Crippen LogP contribution in [0.1, 0.15) is 59.4 Å². The van der Waals surface area contributed by atoms with Crippen molar-refractivity contribution in [2.75, 3.05) is 20.2 Å². The number of piperidine rings is 1. The van der Waals surface area contributed by atoms with Crippen LogP contribution in [0.2, 0.25) is 0 Å². The quantitative estimate of drug-likeness (QED) is 0.769. The van der Waals surface area contributed by atoms with Crippen molar-refractivity contribution in [1.82, 2.24) is 15.0 Å². The van der Waals surface area contributed by atoms with Crippen LogP contribution >= 0.6 is 0 Å². The summed E-state index contributed by atoms with van der Waals surface area (Å²) in [5.41, 5.74) is 0.810. The topological polar surface area (TPSA) is 81.6 Å². The molecule has 0 radical (unpaired) electrons. The molecule has 7 heteroatoms. The van der Waals surface area contributed by atoms with Crippen LogP contribution in [0.3, 0.4) is 0 Å². The van der Waals surface area contributed by atoms with E-state index in [4.69, 9.17) is 13.7 Å². The number of likely N-dealkylation sites (tertiary alicyclic amines) is 1. The number of aromatic nitrogens is 2. The summed E-state index contributed by atoms with van der Waals surface area (Å²) in [7, 11) is 1.36. The fraction of sp³-hybridized carbons (Fsp3) is 0.611. The van der Waals surface area contributed by atoms with Gasteiger partial charge >= 0.3 is 5.97 Å². The van der Waals surface area contributed by atoms with Crippen molar-refractivity contribution >= 4 is 5.97 Å². The van der Waals surface area contributed by atoms with Crippen molar-refractivity contribution in [1.29, 1.82) is 0 Å². The summed E-state index contributed by atoms with van der Waals surface area (Å²) >= 11 is 0. The van der Waals surface area contributed by atoms with Crippen LogP contribution in [0.25, 0.3) is 0 Å². The van der Waals surface area contributed by atoms with Crippen molar-refractivity contribution in [3.8, 4) is 0 Å². The van der Waals surface area contributed by atoms with Crippen molar-refractivity contribution in [2.45, 2.75) is 46.1 Å². The molecule has 0 N–H and O–H groups in total.